The van der Waals surface area contributed by atoms with E-state index < -0.39 is 41.6 Å². The van der Waals surface area contributed by atoms with Crippen molar-refractivity contribution in [3.8, 4) is 0 Å². The average molecular weight is 382 g/mol. The Morgan fingerprint density at radius 2 is 2.04 bits per heavy atom. The van der Waals surface area contributed by atoms with Gasteiger partial charge in [0.05, 0.1) is 23.5 Å². The summed E-state index contributed by atoms with van der Waals surface area (Å²) in [7, 11) is 1.56. The second-order valence-corrected chi connectivity index (χ2v) is 8.62. The van der Waals surface area contributed by atoms with Crippen LogP contribution in [0.2, 0.25) is 0 Å². The maximum absolute atomic E-state index is 12.3. The summed E-state index contributed by atoms with van der Waals surface area (Å²) < 4.78 is 23.4. The Labute approximate surface area is 160 Å². The van der Waals surface area contributed by atoms with Gasteiger partial charge in [-0.1, -0.05) is 27.4 Å². The Bertz CT molecular complexity index is 644. The Balaban J connectivity index is 2.03. The molecule has 0 unspecified atom stereocenters. The first-order chi connectivity index (χ1) is 12.5. The van der Waals surface area contributed by atoms with E-state index in [4.69, 9.17) is 18.9 Å². The maximum Gasteiger partial charge on any atom is 0.334 e. The van der Waals surface area contributed by atoms with Gasteiger partial charge in [-0.25, -0.2) is 4.79 Å². The van der Waals surface area contributed by atoms with Crippen LogP contribution < -0.4 is 0 Å². The first-order valence-electron chi connectivity index (χ1n) is 9.56. The molecule has 0 amide bonds. The minimum atomic E-state index is -0.980. The Hall–Kier alpha value is -1.44. The van der Waals surface area contributed by atoms with Crippen LogP contribution in [0.1, 0.15) is 47.0 Å². The normalized spacial score (nSPS) is 44.3. The first-order valence-corrected chi connectivity index (χ1v) is 9.56. The Morgan fingerprint density at radius 3 is 2.63 bits per heavy atom. The van der Waals surface area contributed by atoms with Crippen molar-refractivity contribution in [2.75, 3.05) is 7.11 Å². The topological polar surface area (TPSA) is 91.3 Å². The highest BCUT2D eigenvalue weighted by Crippen LogP contribution is 2.51. The van der Waals surface area contributed by atoms with E-state index in [1.165, 1.54) is 0 Å². The standard InChI is InChI=1S/C20H30O7/c1-10(2)17(22)26-14-8-19(5)15(21)9-20(24-6,27-19)11(3)7-13-16(14)12(4)18(23)25-13/h10-11,13-16,21H,4,7-9H2,1-3,5-6H3/t11-,13+,14+,15-,16-,19+,20-/m0/s1. The number of hydrogen-bond donors (Lipinski definition) is 1. The number of aliphatic hydroxyl groups excluding tert-OH is 1. The van der Waals surface area contributed by atoms with Gasteiger partial charge in [0.15, 0.2) is 5.79 Å². The van der Waals surface area contributed by atoms with Crippen molar-refractivity contribution < 1.29 is 33.6 Å². The molecule has 0 aromatic rings. The molecule has 0 aliphatic carbocycles. The van der Waals surface area contributed by atoms with Crippen LogP contribution in [0.5, 0.6) is 0 Å². The molecule has 27 heavy (non-hydrogen) atoms. The predicted molar refractivity (Wildman–Crippen MR) is 95.5 cm³/mol. The van der Waals surface area contributed by atoms with Crippen molar-refractivity contribution in [1.82, 2.24) is 0 Å². The van der Waals surface area contributed by atoms with Crippen LogP contribution in [0.4, 0.5) is 0 Å². The number of esters is 2. The van der Waals surface area contributed by atoms with Crippen LogP contribution in [0.15, 0.2) is 12.2 Å². The van der Waals surface area contributed by atoms with E-state index >= 15 is 0 Å². The molecule has 7 nitrogen and oxygen atoms in total. The minimum Gasteiger partial charge on any atom is -0.461 e. The van der Waals surface area contributed by atoms with Crippen LogP contribution in [0.25, 0.3) is 0 Å². The first kappa shape index (κ1) is 20.3. The molecule has 3 heterocycles. The number of ether oxygens (including phenoxy) is 4. The lowest BCUT2D eigenvalue weighted by Gasteiger charge is -2.36. The summed E-state index contributed by atoms with van der Waals surface area (Å²) in [5, 5.41) is 10.8. The van der Waals surface area contributed by atoms with E-state index in [1.54, 1.807) is 27.9 Å². The molecule has 7 atom stereocenters. The molecule has 0 aromatic heterocycles. The van der Waals surface area contributed by atoms with Gasteiger partial charge in [-0.05, 0) is 13.3 Å². The molecular weight excluding hydrogens is 352 g/mol. The summed E-state index contributed by atoms with van der Waals surface area (Å²) in [6.45, 7) is 11.1. The third-order valence-corrected chi connectivity index (χ3v) is 6.34. The van der Waals surface area contributed by atoms with E-state index in [2.05, 4.69) is 6.58 Å². The molecule has 0 radical (unpaired) electrons. The number of aliphatic hydroxyl groups is 1. The number of carbonyl (C=O) groups excluding carboxylic acids is 2. The molecule has 0 spiro atoms. The van der Waals surface area contributed by atoms with Gasteiger partial charge < -0.3 is 24.1 Å². The van der Waals surface area contributed by atoms with Gasteiger partial charge >= 0.3 is 11.9 Å². The van der Waals surface area contributed by atoms with Gasteiger partial charge in [-0.15, -0.1) is 0 Å². The van der Waals surface area contributed by atoms with Crippen molar-refractivity contribution >= 4 is 11.9 Å². The van der Waals surface area contributed by atoms with Gasteiger partial charge in [0, 0.05) is 31.4 Å². The highest BCUT2D eigenvalue weighted by Gasteiger charge is 2.61. The minimum absolute atomic E-state index is 0.148. The van der Waals surface area contributed by atoms with Gasteiger partial charge in [-0.2, -0.15) is 0 Å². The van der Waals surface area contributed by atoms with Crippen molar-refractivity contribution in [2.45, 2.75) is 76.7 Å². The quantitative estimate of drug-likeness (QED) is 0.589. The highest BCUT2D eigenvalue weighted by atomic mass is 16.7. The van der Waals surface area contributed by atoms with Crippen molar-refractivity contribution in [3.05, 3.63) is 12.2 Å². The van der Waals surface area contributed by atoms with Gasteiger partial charge in [0.2, 0.25) is 0 Å². The molecule has 3 saturated heterocycles. The second-order valence-electron chi connectivity index (χ2n) is 8.62. The van der Waals surface area contributed by atoms with Crippen molar-refractivity contribution in [2.24, 2.45) is 17.8 Å². The summed E-state index contributed by atoms with van der Waals surface area (Å²) in [5.41, 5.74) is -0.677. The zero-order valence-electron chi connectivity index (χ0n) is 16.7. The summed E-state index contributed by atoms with van der Waals surface area (Å²) in [5.74, 6) is -2.75. The monoisotopic (exact) mass is 382 g/mol. The number of carbonyl (C=O) groups is 2. The summed E-state index contributed by atoms with van der Waals surface area (Å²) >= 11 is 0. The van der Waals surface area contributed by atoms with Crippen LogP contribution in [0, 0.1) is 17.8 Å². The molecule has 3 rings (SSSR count). The molecule has 1 N–H and O–H groups in total. The summed E-state index contributed by atoms with van der Waals surface area (Å²) in [4.78, 5) is 24.6. The molecule has 3 aliphatic rings. The summed E-state index contributed by atoms with van der Waals surface area (Å²) in [6, 6.07) is 0. The fourth-order valence-electron chi connectivity index (χ4n) is 4.56. The number of methoxy groups -OCH3 is 1. The van der Waals surface area contributed by atoms with E-state index in [0.717, 1.165) is 0 Å². The second kappa shape index (κ2) is 6.87. The van der Waals surface area contributed by atoms with E-state index in [1.807, 2.05) is 6.92 Å². The molecule has 0 saturated carbocycles. The van der Waals surface area contributed by atoms with E-state index in [0.29, 0.717) is 18.4 Å². The molecule has 3 aliphatic heterocycles. The van der Waals surface area contributed by atoms with Crippen molar-refractivity contribution in [1.29, 1.82) is 0 Å². The van der Waals surface area contributed by atoms with Gasteiger partial charge in [0.1, 0.15) is 12.2 Å². The van der Waals surface area contributed by atoms with Crippen LogP contribution in [-0.2, 0) is 28.5 Å². The molecule has 152 valence electrons. The zero-order chi connectivity index (χ0) is 20.1. The molecular formula is C20H30O7. The number of fused-ring (bicyclic) bond motifs is 3. The van der Waals surface area contributed by atoms with E-state index in [-0.39, 0.29) is 24.2 Å². The zero-order valence-corrected chi connectivity index (χ0v) is 16.7. The smallest absolute Gasteiger partial charge is 0.334 e. The molecule has 0 aromatic carbocycles. The van der Waals surface area contributed by atoms with Crippen LogP contribution in [-0.4, -0.2) is 53.9 Å². The lowest BCUT2D eigenvalue weighted by atomic mass is 9.78. The lowest BCUT2D eigenvalue weighted by molar-refractivity contribution is -0.267. The third kappa shape index (κ3) is 3.30. The SMILES string of the molecule is C=C1C(=O)O[C@@H]2C[C@H](C)[C@]3(OC)C[C@H](O)[C@@](C)(C[C@@H](OC(=O)C(C)C)[C@@H]12)O3. The molecule has 7 heteroatoms. The van der Waals surface area contributed by atoms with Gasteiger partial charge in [-0.3, -0.25) is 4.79 Å². The number of hydrogen-bond acceptors (Lipinski definition) is 7. The van der Waals surface area contributed by atoms with Crippen LogP contribution >= 0.6 is 0 Å². The lowest BCUT2D eigenvalue weighted by Crippen LogP contribution is -2.45. The molecule has 3 fully saturated rings. The number of rotatable bonds is 3. The highest BCUT2D eigenvalue weighted by molar-refractivity contribution is 5.91. The van der Waals surface area contributed by atoms with Crippen LogP contribution in [0.3, 0.4) is 0 Å². The molecule has 2 bridgehead atoms. The van der Waals surface area contributed by atoms with Crippen molar-refractivity contribution in [3.63, 3.8) is 0 Å². The fraction of sp³-hybridized carbons (Fsp3) is 0.800. The maximum atomic E-state index is 12.3. The van der Waals surface area contributed by atoms with Gasteiger partial charge in [0.25, 0.3) is 0 Å². The predicted octanol–water partition coefficient (Wildman–Crippen LogP) is 1.96. The average Bonchev–Trinajstić information content (AvgIpc) is 3.01. The largest absolute Gasteiger partial charge is 0.461 e. The Kier molecular flexibility index (Phi) is 5.16. The fourth-order valence-corrected chi connectivity index (χ4v) is 4.56. The summed E-state index contributed by atoms with van der Waals surface area (Å²) in [6.07, 6.45) is -0.952. The third-order valence-electron chi connectivity index (χ3n) is 6.34. The van der Waals surface area contributed by atoms with E-state index in [9.17, 15) is 14.7 Å². The Morgan fingerprint density at radius 1 is 1.37 bits per heavy atom.